The van der Waals surface area contributed by atoms with E-state index >= 15 is 0 Å². The Morgan fingerprint density at radius 2 is 2.00 bits per heavy atom. The third-order valence-electron chi connectivity index (χ3n) is 5.23. The summed E-state index contributed by atoms with van der Waals surface area (Å²) in [6.07, 6.45) is -1.37. The SMILES string of the molecule is O=C(N1CCN2CCCCC2C1)C1(C(F)(F)F)CCNC1. The van der Waals surface area contributed by atoms with Crippen molar-refractivity contribution in [3.8, 4) is 0 Å². The molecule has 2 atom stereocenters. The summed E-state index contributed by atoms with van der Waals surface area (Å²) in [5.74, 6) is -0.717. The summed E-state index contributed by atoms with van der Waals surface area (Å²) in [5.41, 5.74) is -2.20. The molecule has 0 aliphatic carbocycles. The predicted octanol–water partition coefficient (Wildman–Crippen LogP) is 1.23. The molecule has 2 unspecified atom stereocenters. The number of halogens is 3. The number of carbonyl (C=O) groups is 1. The molecule has 0 radical (unpaired) electrons. The second kappa shape index (κ2) is 5.43. The maximum Gasteiger partial charge on any atom is 0.404 e. The quantitative estimate of drug-likeness (QED) is 0.791. The van der Waals surface area contributed by atoms with Gasteiger partial charge >= 0.3 is 6.18 Å². The minimum atomic E-state index is -4.47. The number of carbonyl (C=O) groups excluding carboxylic acids is 1. The molecule has 3 aliphatic heterocycles. The number of fused-ring (bicyclic) bond motifs is 1. The van der Waals surface area contributed by atoms with Gasteiger partial charge in [-0.25, -0.2) is 0 Å². The van der Waals surface area contributed by atoms with Gasteiger partial charge in [0.05, 0.1) is 0 Å². The molecule has 3 rings (SSSR count). The first-order chi connectivity index (χ1) is 9.94. The molecule has 0 saturated carbocycles. The standard InChI is InChI=1S/C14H22F3N3O/c15-14(16,17)13(4-5-18-10-13)12(21)20-8-7-19-6-2-1-3-11(19)9-20/h11,18H,1-10H2. The molecular weight excluding hydrogens is 283 g/mol. The lowest BCUT2D eigenvalue weighted by Crippen LogP contribution is -2.61. The van der Waals surface area contributed by atoms with Gasteiger partial charge in [0.1, 0.15) is 0 Å². The Morgan fingerprint density at radius 3 is 2.67 bits per heavy atom. The van der Waals surface area contributed by atoms with Crippen molar-refractivity contribution >= 4 is 5.91 Å². The second-order valence-corrected chi connectivity index (χ2v) is 6.44. The van der Waals surface area contributed by atoms with Crippen molar-refractivity contribution in [1.29, 1.82) is 0 Å². The van der Waals surface area contributed by atoms with Gasteiger partial charge in [0.15, 0.2) is 5.41 Å². The summed E-state index contributed by atoms with van der Waals surface area (Å²) in [6.45, 7) is 2.58. The van der Waals surface area contributed by atoms with Gasteiger partial charge in [0.25, 0.3) is 0 Å². The summed E-state index contributed by atoms with van der Waals surface area (Å²) in [5, 5.41) is 2.72. The van der Waals surface area contributed by atoms with Crippen LogP contribution in [0.1, 0.15) is 25.7 Å². The number of nitrogens with zero attached hydrogens (tertiary/aromatic N) is 2. The number of alkyl halides is 3. The molecule has 4 nitrogen and oxygen atoms in total. The first kappa shape index (κ1) is 15.1. The normalized spacial score (nSPS) is 34.8. The molecule has 3 aliphatic rings. The van der Waals surface area contributed by atoms with Gasteiger partial charge in [-0.05, 0) is 32.4 Å². The third-order valence-corrected chi connectivity index (χ3v) is 5.23. The minimum Gasteiger partial charge on any atom is -0.339 e. The van der Waals surface area contributed by atoms with Crippen LogP contribution in [0.25, 0.3) is 0 Å². The fourth-order valence-electron chi connectivity index (χ4n) is 3.88. The number of piperidine rings is 1. The summed E-state index contributed by atoms with van der Waals surface area (Å²) in [4.78, 5) is 16.4. The van der Waals surface area contributed by atoms with Crippen LogP contribution in [0.4, 0.5) is 13.2 Å². The molecule has 3 heterocycles. The van der Waals surface area contributed by atoms with Crippen molar-refractivity contribution in [3.05, 3.63) is 0 Å². The zero-order valence-electron chi connectivity index (χ0n) is 12.1. The lowest BCUT2D eigenvalue weighted by molar-refractivity contribution is -0.223. The number of hydrogen-bond acceptors (Lipinski definition) is 3. The van der Waals surface area contributed by atoms with Gasteiger partial charge in [-0.2, -0.15) is 13.2 Å². The third kappa shape index (κ3) is 2.54. The number of rotatable bonds is 1. The van der Waals surface area contributed by atoms with Crippen molar-refractivity contribution < 1.29 is 18.0 Å². The van der Waals surface area contributed by atoms with E-state index in [1.165, 1.54) is 4.90 Å². The van der Waals surface area contributed by atoms with Gasteiger partial charge in [-0.3, -0.25) is 9.69 Å². The zero-order chi connectivity index (χ0) is 15.1. The molecule has 3 saturated heterocycles. The largest absolute Gasteiger partial charge is 0.404 e. The van der Waals surface area contributed by atoms with E-state index < -0.39 is 17.5 Å². The predicted molar refractivity (Wildman–Crippen MR) is 71.8 cm³/mol. The highest BCUT2D eigenvalue weighted by Gasteiger charge is 2.62. The van der Waals surface area contributed by atoms with Crippen LogP contribution in [-0.2, 0) is 4.79 Å². The zero-order valence-corrected chi connectivity index (χ0v) is 12.1. The Labute approximate surface area is 122 Å². The van der Waals surface area contributed by atoms with Crippen molar-refractivity contribution in [1.82, 2.24) is 15.1 Å². The molecule has 1 N–H and O–H groups in total. The van der Waals surface area contributed by atoms with E-state index in [-0.39, 0.29) is 25.6 Å². The second-order valence-electron chi connectivity index (χ2n) is 6.44. The van der Waals surface area contributed by atoms with Gasteiger partial charge < -0.3 is 10.2 Å². The highest BCUT2D eigenvalue weighted by Crippen LogP contribution is 2.44. The van der Waals surface area contributed by atoms with Crippen LogP contribution in [0.2, 0.25) is 0 Å². The number of amides is 1. The van der Waals surface area contributed by atoms with Crippen LogP contribution in [0.15, 0.2) is 0 Å². The molecule has 7 heteroatoms. The number of nitrogens with one attached hydrogen (secondary N) is 1. The molecule has 0 spiro atoms. The molecule has 1 amide bonds. The lowest BCUT2D eigenvalue weighted by Gasteiger charge is -2.46. The smallest absolute Gasteiger partial charge is 0.339 e. The fourth-order valence-corrected chi connectivity index (χ4v) is 3.88. The maximum atomic E-state index is 13.5. The molecule has 0 aromatic rings. The topological polar surface area (TPSA) is 35.6 Å². The van der Waals surface area contributed by atoms with Crippen LogP contribution < -0.4 is 5.32 Å². The van der Waals surface area contributed by atoms with E-state index in [2.05, 4.69) is 10.2 Å². The van der Waals surface area contributed by atoms with Crippen LogP contribution >= 0.6 is 0 Å². The monoisotopic (exact) mass is 305 g/mol. The van der Waals surface area contributed by atoms with Crippen molar-refractivity contribution in [3.63, 3.8) is 0 Å². The Bertz CT molecular complexity index is 407. The van der Waals surface area contributed by atoms with Gasteiger partial charge in [-0.1, -0.05) is 6.42 Å². The summed E-state index contributed by atoms with van der Waals surface area (Å²) >= 11 is 0. The van der Waals surface area contributed by atoms with Crippen LogP contribution in [0.3, 0.4) is 0 Å². The first-order valence-electron chi connectivity index (χ1n) is 7.75. The van der Waals surface area contributed by atoms with E-state index in [4.69, 9.17) is 0 Å². The fraction of sp³-hybridized carbons (Fsp3) is 0.929. The van der Waals surface area contributed by atoms with Crippen molar-refractivity contribution in [2.45, 2.75) is 37.9 Å². The molecule has 3 fully saturated rings. The van der Waals surface area contributed by atoms with E-state index in [9.17, 15) is 18.0 Å². The van der Waals surface area contributed by atoms with Crippen LogP contribution in [-0.4, -0.2) is 67.2 Å². The highest BCUT2D eigenvalue weighted by molar-refractivity contribution is 5.84. The molecular formula is C14H22F3N3O. The van der Waals surface area contributed by atoms with E-state index in [0.29, 0.717) is 19.6 Å². The van der Waals surface area contributed by atoms with E-state index in [1.807, 2.05) is 0 Å². The maximum absolute atomic E-state index is 13.5. The van der Waals surface area contributed by atoms with Crippen LogP contribution in [0, 0.1) is 5.41 Å². The van der Waals surface area contributed by atoms with Crippen molar-refractivity contribution in [2.24, 2.45) is 5.41 Å². The summed E-state index contributed by atoms with van der Waals surface area (Å²) in [7, 11) is 0. The molecule has 120 valence electrons. The molecule has 0 bridgehead atoms. The first-order valence-corrected chi connectivity index (χ1v) is 7.75. The molecule has 0 aromatic heterocycles. The van der Waals surface area contributed by atoms with Gasteiger partial charge in [-0.15, -0.1) is 0 Å². The Morgan fingerprint density at radius 1 is 1.19 bits per heavy atom. The number of piperazine rings is 1. The van der Waals surface area contributed by atoms with Gasteiger partial charge in [0.2, 0.25) is 5.91 Å². The Balaban J connectivity index is 1.75. The minimum absolute atomic E-state index is 0.139. The molecule has 21 heavy (non-hydrogen) atoms. The lowest BCUT2D eigenvalue weighted by atomic mass is 9.84. The average Bonchev–Trinajstić information content (AvgIpc) is 2.96. The Hall–Kier alpha value is -0.820. The van der Waals surface area contributed by atoms with Crippen molar-refractivity contribution in [2.75, 3.05) is 39.3 Å². The van der Waals surface area contributed by atoms with Crippen LogP contribution in [0.5, 0.6) is 0 Å². The van der Waals surface area contributed by atoms with Gasteiger partial charge in [0, 0.05) is 32.2 Å². The highest BCUT2D eigenvalue weighted by atomic mass is 19.4. The van der Waals surface area contributed by atoms with E-state index in [1.54, 1.807) is 0 Å². The van der Waals surface area contributed by atoms with E-state index in [0.717, 1.165) is 25.8 Å². The summed E-state index contributed by atoms with van der Waals surface area (Å²) in [6, 6.07) is 0.246. The average molecular weight is 305 g/mol. The summed E-state index contributed by atoms with van der Waals surface area (Å²) < 4.78 is 40.4. The Kier molecular flexibility index (Phi) is 3.90. The molecule has 0 aromatic carbocycles. The number of hydrogen-bond donors (Lipinski definition) is 1.